The van der Waals surface area contributed by atoms with Crippen LogP contribution in [0.15, 0.2) is 17.4 Å². The second-order valence-electron chi connectivity index (χ2n) is 5.14. The number of nitrogens with two attached hydrogens (primary N) is 1. The molecule has 0 saturated heterocycles. The minimum Gasteiger partial charge on any atom is -0.473 e. The second-order valence-corrected chi connectivity index (χ2v) is 5.52. The van der Waals surface area contributed by atoms with Crippen molar-refractivity contribution in [1.82, 2.24) is 4.98 Å². The zero-order chi connectivity index (χ0) is 14.5. The van der Waals surface area contributed by atoms with Crippen molar-refractivity contribution in [2.24, 2.45) is 16.8 Å². The predicted octanol–water partition coefficient (Wildman–Crippen LogP) is 3.18. The molecule has 1 aliphatic carbocycles. The third-order valence-corrected chi connectivity index (χ3v) is 4.20. The number of hydrogen-bond acceptors (Lipinski definition) is 4. The van der Waals surface area contributed by atoms with Gasteiger partial charge in [0.15, 0.2) is 5.84 Å². The van der Waals surface area contributed by atoms with Crippen molar-refractivity contribution < 1.29 is 9.94 Å². The van der Waals surface area contributed by atoms with Gasteiger partial charge in [0.2, 0.25) is 5.88 Å². The van der Waals surface area contributed by atoms with Crippen LogP contribution in [0.4, 0.5) is 0 Å². The standard InChI is InChI=1S/C14H20ClN3O2/c1-2-9-4-3-5-10(8-9)20-14-12(15)11(6-7-17-14)13(16)18-19/h6-7,9-10,19H,2-5,8H2,1H3,(H2,16,18). The third-order valence-electron chi connectivity index (χ3n) is 3.83. The number of rotatable bonds is 4. The van der Waals surface area contributed by atoms with Crippen LogP contribution in [0.5, 0.6) is 5.88 Å². The van der Waals surface area contributed by atoms with Crippen LogP contribution >= 0.6 is 11.6 Å². The fraction of sp³-hybridized carbons (Fsp3) is 0.571. The van der Waals surface area contributed by atoms with Gasteiger partial charge in [0.25, 0.3) is 0 Å². The topological polar surface area (TPSA) is 80.7 Å². The first-order valence-electron chi connectivity index (χ1n) is 6.94. The smallest absolute Gasteiger partial charge is 0.233 e. The van der Waals surface area contributed by atoms with E-state index in [0.29, 0.717) is 22.4 Å². The Morgan fingerprint density at radius 1 is 1.60 bits per heavy atom. The predicted molar refractivity (Wildman–Crippen MR) is 78.4 cm³/mol. The number of hydrogen-bond donors (Lipinski definition) is 2. The van der Waals surface area contributed by atoms with Gasteiger partial charge in [-0.05, 0) is 31.2 Å². The molecule has 20 heavy (non-hydrogen) atoms. The fourth-order valence-corrected chi connectivity index (χ4v) is 2.89. The number of oxime groups is 1. The Balaban J connectivity index is 2.13. The lowest BCUT2D eigenvalue weighted by Gasteiger charge is -2.28. The van der Waals surface area contributed by atoms with Crippen molar-refractivity contribution >= 4 is 17.4 Å². The number of ether oxygens (including phenoxy) is 1. The molecule has 0 bridgehead atoms. The molecule has 2 unspecified atom stereocenters. The highest BCUT2D eigenvalue weighted by Crippen LogP contribution is 2.32. The Morgan fingerprint density at radius 2 is 2.40 bits per heavy atom. The van der Waals surface area contributed by atoms with Crippen molar-refractivity contribution in [1.29, 1.82) is 0 Å². The first-order chi connectivity index (χ1) is 9.65. The Kier molecular flexibility index (Phi) is 5.06. The molecule has 0 amide bonds. The van der Waals surface area contributed by atoms with Crippen LogP contribution < -0.4 is 10.5 Å². The largest absolute Gasteiger partial charge is 0.473 e. The number of pyridine rings is 1. The lowest BCUT2D eigenvalue weighted by Crippen LogP contribution is -2.26. The highest BCUT2D eigenvalue weighted by molar-refractivity contribution is 6.35. The van der Waals surface area contributed by atoms with Crippen LogP contribution in [0.3, 0.4) is 0 Å². The van der Waals surface area contributed by atoms with E-state index < -0.39 is 0 Å². The quantitative estimate of drug-likeness (QED) is 0.387. The molecule has 0 aliphatic heterocycles. The Hall–Kier alpha value is -1.49. The summed E-state index contributed by atoms with van der Waals surface area (Å²) in [4.78, 5) is 4.15. The molecule has 1 aromatic heterocycles. The van der Waals surface area contributed by atoms with Crippen molar-refractivity contribution in [2.45, 2.75) is 45.1 Å². The van der Waals surface area contributed by atoms with Gasteiger partial charge in [-0.3, -0.25) is 0 Å². The Labute approximate surface area is 123 Å². The zero-order valence-corrected chi connectivity index (χ0v) is 12.3. The van der Waals surface area contributed by atoms with E-state index in [-0.39, 0.29) is 11.9 Å². The number of aromatic nitrogens is 1. The van der Waals surface area contributed by atoms with Gasteiger partial charge < -0.3 is 15.7 Å². The Morgan fingerprint density at radius 3 is 3.10 bits per heavy atom. The molecule has 2 rings (SSSR count). The molecule has 6 heteroatoms. The lowest BCUT2D eigenvalue weighted by molar-refractivity contribution is 0.117. The first-order valence-corrected chi connectivity index (χ1v) is 7.32. The van der Waals surface area contributed by atoms with Gasteiger partial charge in [-0.15, -0.1) is 0 Å². The summed E-state index contributed by atoms with van der Waals surface area (Å²) < 4.78 is 5.92. The summed E-state index contributed by atoms with van der Waals surface area (Å²) in [6, 6.07) is 1.60. The van der Waals surface area contributed by atoms with E-state index in [4.69, 9.17) is 27.3 Å². The maximum Gasteiger partial charge on any atom is 0.233 e. The average molecular weight is 298 g/mol. The molecular weight excluding hydrogens is 278 g/mol. The van der Waals surface area contributed by atoms with Crippen LogP contribution in [0.2, 0.25) is 5.02 Å². The van der Waals surface area contributed by atoms with Gasteiger partial charge in [0.1, 0.15) is 11.1 Å². The van der Waals surface area contributed by atoms with Gasteiger partial charge in [-0.2, -0.15) is 0 Å². The average Bonchev–Trinajstić information content (AvgIpc) is 2.49. The van der Waals surface area contributed by atoms with Gasteiger partial charge in [0.05, 0.1) is 0 Å². The SMILES string of the molecule is CCC1CCCC(Oc2nccc(/C(N)=N/O)c2Cl)C1. The molecule has 5 nitrogen and oxygen atoms in total. The summed E-state index contributed by atoms with van der Waals surface area (Å²) >= 11 is 6.21. The summed E-state index contributed by atoms with van der Waals surface area (Å²) in [6.07, 6.45) is 7.34. The molecule has 1 aromatic rings. The van der Waals surface area contributed by atoms with Crippen molar-refractivity contribution in [3.63, 3.8) is 0 Å². The molecule has 2 atom stereocenters. The van der Waals surface area contributed by atoms with E-state index >= 15 is 0 Å². The number of amidine groups is 1. The number of nitrogens with zero attached hydrogens (tertiary/aromatic N) is 2. The van der Waals surface area contributed by atoms with E-state index in [9.17, 15) is 0 Å². The molecule has 3 N–H and O–H groups in total. The van der Waals surface area contributed by atoms with E-state index in [1.807, 2.05) is 0 Å². The Bertz CT molecular complexity index is 493. The highest BCUT2D eigenvalue weighted by atomic mass is 35.5. The fourth-order valence-electron chi connectivity index (χ4n) is 2.64. The molecule has 0 spiro atoms. The minimum atomic E-state index is -0.0441. The third kappa shape index (κ3) is 3.33. The van der Waals surface area contributed by atoms with E-state index in [0.717, 1.165) is 12.8 Å². The van der Waals surface area contributed by atoms with Crippen LogP contribution in [0, 0.1) is 5.92 Å². The summed E-state index contributed by atoms with van der Waals surface area (Å²) in [5, 5.41) is 12.0. The van der Waals surface area contributed by atoms with E-state index in [2.05, 4.69) is 17.1 Å². The van der Waals surface area contributed by atoms with Crippen LogP contribution in [-0.4, -0.2) is 22.1 Å². The zero-order valence-electron chi connectivity index (χ0n) is 11.6. The molecule has 110 valence electrons. The lowest BCUT2D eigenvalue weighted by atomic mass is 9.85. The van der Waals surface area contributed by atoms with Gasteiger partial charge >= 0.3 is 0 Å². The van der Waals surface area contributed by atoms with Gasteiger partial charge in [0, 0.05) is 11.8 Å². The van der Waals surface area contributed by atoms with Gasteiger partial charge in [-0.25, -0.2) is 4.98 Å². The normalized spacial score (nSPS) is 23.6. The number of halogens is 1. The summed E-state index contributed by atoms with van der Waals surface area (Å²) in [6.45, 7) is 2.21. The maximum absolute atomic E-state index is 8.73. The molecule has 1 heterocycles. The van der Waals surface area contributed by atoms with Crippen LogP contribution in [-0.2, 0) is 0 Å². The highest BCUT2D eigenvalue weighted by Gasteiger charge is 2.24. The van der Waals surface area contributed by atoms with Crippen LogP contribution in [0.1, 0.15) is 44.6 Å². The summed E-state index contributed by atoms with van der Waals surface area (Å²) in [7, 11) is 0. The van der Waals surface area contributed by atoms with Crippen LogP contribution in [0.25, 0.3) is 0 Å². The molecule has 1 fully saturated rings. The second kappa shape index (κ2) is 6.79. The maximum atomic E-state index is 8.73. The van der Waals surface area contributed by atoms with Crippen molar-refractivity contribution in [3.8, 4) is 5.88 Å². The van der Waals surface area contributed by atoms with Crippen molar-refractivity contribution in [3.05, 3.63) is 22.8 Å². The molecular formula is C14H20ClN3O2. The molecule has 0 aromatic carbocycles. The summed E-state index contributed by atoms with van der Waals surface area (Å²) in [5.74, 6) is 1.02. The van der Waals surface area contributed by atoms with Gasteiger partial charge in [-0.1, -0.05) is 36.5 Å². The molecule has 0 radical (unpaired) electrons. The van der Waals surface area contributed by atoms with Crippen molar-refractivity contribution in [2.75, 3.05) is 0 Å². The summed E-state index contributed by atoms with van der Waals surface area (Å²) in [5.41, 5.74) is 6.01. The van der Waals surface area contributed by atoms with E-state index in [1.165, 1.54) is 19.3 Å². The molecule has 1 saturated carbocycles. The monoisotopic (exact) mass is 297 g/mol. The minimum absolute atomic E-state index is 0.0441. The van der Waals surface area contributed by atoms with E-state index in [1.54, 1.807) is 12.3 Å². The first kappa shape index (κ1) is 14.9. The molecule has 1 aliphatic rings.